The van der Waals surface area contributed by atoms with Gasteiger partial charge < -0.3 is 10.1 Å². The fourth-order valence-corrected chi connectivity index (χ4v) is 4.01. The molecule has 3 N–H and O–H groups in total. The van der Waals surface area contributed by atoms with Crippen molar-refractivity contribution < 1.29 is 22.7 Å². The van der Waals surface area contributed by atoms with Crippen LogP contribution in [0.25, 0.3) is 0 Å². The van der Waals surface area contributed by atoms with E-state index >= 15 is 0 Å². The monoisotopic (exact) mass is 410 g/mol. The SMILES string of the molecule is CC(OC(=O)C1CCC(C(C)(C)C)CC1)C(=O)Nc1ccc(S(N)(=O)=O)cc1. The van der Waals surface area contributed by atoms with Crippen LogP contribution in [0.2, 0.25) is 0 Å². The Hall–Kier alpha value is -1.93. The first-order valence-corrected chi connectivity index (χ1v) is 11.1. The van der Waals surface area contributed by atoms with Gasteiger partial charge in [-0.2, -0.15) is 0 Å². The molecule has 7 nitrogen and oxygen atoms in total. The second-order valence-corrected chi connectivity index (χ2v) is 10.1. The molecule has 0 spiro atoms. The lowest BCUT2D eigenvalue weighted by molar-refractivity contribution is -0.158. The minimum atomic E-state index is -3.79. The van der Waals surface area contributed by atoms with Gasteiger partial charge in [0.1, 0.15) is 0 Å². The molecule has 1 amide bonds. The summed E-state index contributed by atoms with van der Waals surface area (Å²) in [6.07, 6.45) is 2.60. The number of carbonyl (C=O) groups is 2. The Morgan fingerprint density at radius 3 is 2.11 bits per heavy atom. The van der Waals surface area contributed by atoms with Gasteiger partial charge in [-0.1, -0.05) is 20.8 Å². The number of esters is 1. The summed E-state index contributed by atoms with van der Waals surface area (Å²) in [4.78, 5) is 24.6. The maximum absolute atomic E-state index is 12.4. The lowest BCUT2D eigenvalue weighted by Gasteiger charge is -2.36. The summed E-state index contributed by atoms with van der Waals surface area (Å²) < 4.78 is 27.9. The first kappa shape index (κ1) is 22.4. The topological polar surface area (TPSA) is 116 Å². The molecule has 28 heavy (non-hydrogen) atoms. The summed E-state index contributed by atoms with van der Waals surface area (Å²) in [5.41, 5.74) is 0.631. The molecule has 1 aliphatic carbocycles. The number of hydrogen-bond acceptors (Lipinski definition) is 5. The molecular formula is C20H30N2O5S. The number of carbonyl (C=O) groups excluding carboxylic acids is 2. The van der Waals surface area contributed by atoms with Crippen molar-refractivity contribution in [1.82, 2.24) is 0 Å². The fraction of sp³-hybridized carbons (Fsp3) is 0.600. The third-order valence-corrected chi connectivity index (χ3v) is 6.33. The second kappa shape index (κ2) is 8.61. The van der Waals surface area contributed by atoms with Crippen LogP contribution in [0.3, 0.4) is 0 Å². The summed E-state index contributed by atoms with van der Waals surface area (Å²) in [5, 5.41) is 7.65. The Morgan fingerprint density at radius 2 is 1.64 bits per heavy atom. The molecule has 1 aliphatic rings. The van der Waals surface area contributed by atoms with E-state index in [1.807, 2.05) is 0 Å². The third kappa shape index (κ3) is 6.04. The van der Waals surface area contributed by atoms with Crippen LogP contribution in [0, 0.1) is 17.3 Å². The van der Waals surface area contributed by atoms with Crippen LogP contribution in [0.15, 0.2) is 29.2 Å². The maximum Gasteiger partial charge on any atom is 0.309 e. The predicted molar refractivity (Wildman–Crippen MR) is 107 cm³/mol. The molecule has 1 aromatic carbocycles. The number of sulfonamides is 1. The van der Waals surface area contributed by atoms with Gasteiger partial charge in [0, 0.05) is 5.69 Å². The third-order valence-electron chi connectivity index (χ3n) is 5.40. The van der Waals surface area contributed by atoms with Crippen molar-refractivity contribution >= 4 is 27.6 Å². The average Bonchev–Trinajstić information content (AvgIpc) is 2.60. The van der Waals surface area contributed by atoms with Gasteiger partial charge in [0.2, 0.25) is 10.0 Å². The molecule has 8 heteroatoms. The van der Waals surface area contributed by atoms with E-state index in [4.69, 9.17) is 9.88 Å². The molecule has 0 bridgehead atoms. The van der Waals surface area contributed by atoms with Crippen LogP contribution in [-0.2, 0) is 24.3 Å². The lowest BCUT2D eigenvalue weighted by atomic mass is 9.70. The van der Waals surface area contributed by atoms with Crippen molar-refractivity contribution in [3.8, 4) is 0 Å². The minimum absolute atomic E-state index is 0.0455. The minimum Gasteiger partial charge on any atom is -0.452 e. The lowest BCUT2D eigenvalue weighted by Crippen LogP contribution is -2.34. The van der Waals surface area contributed by atoms with Gasteiger partial charge in [-0.25, -0.2) is 13.6 Å². The van der Waals surface area contributed by atoms with E-state index in [-0.39, 0.29) is 22.2 Å². The molecule has 156 valence electrons. The largest absolute Gasteiger partial charge is 0.452 e. The Kier molecular flexibility index (Phi) is 6.88. The smallest absolute Gasteiger partial charge is 0.309 e. The van der Waals surface area contributed by atoms with Crippen LogP contribution < -0.4 is 10.5 Å². The Bertz CT molecular complexity index is 804. The van der Waals surface area contributed by atoms with E-state index in [0.29, 0.717) is 11.6 Å². The fourth-order valence-electron chi connectivity index (χ4n) is 3.49. The zero-order valence-corrected chi connectivity index (χ0v) is 17.7. The molecule has 0 aromatic heterocycles. The quantitative estimate of drug-likeness (QED) is 0.724. The second-order valence-electron chi connectivity index (χ2n) is 8.55. The highest BCUT2D eigenvalue weighted by molar-refractivity contribution is 7.89. The molecule has 1 fully saturated rings. The summed E-state index contributed by atoms with van der Waals surface area (Å²) in [5.74, 6) is -0.375. The van der Waals surface area contributed by atoms with E-state index < -0.39 is 22.0 Å². The van der Waals surface area contributed by atoms with Gasteiger partial charge in [-0.05, 0) is 68.2 Å². The van der Waals surface area contributed by atoms with Crippen molar-refractivity contribution in [3.63, 3.8) is 0 Å². The number of anilines is 1. The highest BCUT2D eigenvalue weighted by atomic mass is 32.2. The van der Waals surface area contributed by atoms with Crippen LogP contribution in [0.5, 0.6) is 0 Å². The molecule has 2 rings (SSSR count). The molecule has 0 radical (unpaired) electrons. The number of amides is 1. The molecule has 0 aliphatic heterocycles. The standard InChI is InChI=1S/C20H30N2O5S/c1-13(18(23)22-16-9-11-17(12-10-16)28(21,25)26)27-19(24)14-5-7-15(8-6-14)20(2,3)4/h9-15H,5-8H2,1-4H3,(H,22,23)(H2,21,25,26). The Morgan fingerprint density at radius 1 is 1.11 bits per heavy atom. The molecule has 0 heterocycles. The maximum atomic E-state index is 12.4. The van der Waals surface area contributed by atoms with Gasteiger partial charge in [-0.15, -0.1) is 0 Å². The van der Waals surface area contributed by atoms with Crippen LogP contribution in [-0.4, -0.2) is 26.4 Å². The highest BCUT2D eigenvalue weighted by Crippen LogP contribution is 2.40. The molecule has 1 atom stereocenters. The summed E-state index contributed by atoms with van der Waals surface area (Å²) in [6, 6.07) is 5.46. The van der Waals surface area contributed by atoms with Crippen molar-refractivity contribution in [3.05, 3.63) is 24.3 Å². The zero-order valence-electron chi connectivity index (χ0n) is 16.9. The van der Waals surface area contributed by atoms with Crippen LogP contribution in [0.1, 0.15) is 53.4 Å². The summed E-state index contributed by atoms with van der Waals surface area (Å²) >= 11 is 0. The number of benzene rings is 1. The van der Waals surface area contributed by atoms with Gasteiger partial charge in [0.05, 0.1) is 10.8 Å². The van der Waals surface area contributed by atoms with Crippen molar-refractivity contribution in [2.45, 2.75) is 64.4 Å². The average molecular weight is 411 g/mol. The number of hydrogen-bond donors (Lipinski definition) is 2. The Labute approximate surface area is 167 Å². The van der Waals surface area contributed by atoms with E-state index in [2.05, 4.69) is 26.1 Å². The Balaban J connectivity index is 1.86. The highest BCUT2D eigenvalue weighted by Gasteiger charge is 2.34. The number of ether oxygens (including phenoxy) is 1. The van der Waals surface area contributed by atoms with Gasteiger partial charge in [0.15, 0.2) is 6.10 Å². The van der Waals surface area contributed by atoms with Crippen molar-refractivity contribution in [2.75, 3.05) is 5.32 Å². The van der Waals surface area contributed by atoms with Gasteiger partial charge in [0.25, 0.3) is 5.91 Å². The van der Waals surface area contributed by atoms with E-state index in [1.54, 1.807) is 0 Å². The molecule has 1 unspecified atom stereocenters. The number of nitrogens with one attached hydrogen (secondary N) is 1. The van der Waals surface area contributed by atoms with E-state index in [1.165, 1.54) is 31.2 Å². The summed E-state index contributed by atoms with van der Waals surface area (Å²) in [6.45, 7) is 8.18. The number of primary sulfonamides is 1. The molecule has 0 saturated heterocycles. The number of nitrogens with two attached hydrogens (primary N) is 1. The van der Waals surface area contributed by atoms with E-state index in [9.17, 15) is 18.0 Å². The first-order valence-electron chi connectivity index (χ1n) is 9.52. The zero-order chi connectivity index (χ0) is 21.1. The predicted octanol–water partition coefficient (Wildman–Crippen LogP) is 3.06. The molecular weight excluding hydrogens is 380 g/mol. The van der Waals surface area contributed by atoms with Crippen LogP contribution in [0.4, 0.5) is 5.69 Å². The summed E-state index contributed by atoms with van der Waals surface area (Å²) in [7, 11) is -3.79. The normalized spacial score (nSPS) is 21.6. The van der Waals surface area contributed by atoms with Crippen LogP contribution >= 0.6 is 0 Å². The molecule has 1 aromatic rings. The van der Waals surface area contributed by atoms with Gasteiger partial charge in [-0.3, -0.25) is 9.59 Å². The number of rotatable bonds is 5. The molecule has 1 saturated carbocycles. The van der Waals surface area contributed by atoms with E-state index in [0.717, 1.165) is 25.7 Å². The van der Waals surface area contributed by atoms with Gasteiger partial charge >= 0.3 is 5.97 Å². The first-order chi connectivity index (χ1) is 12.9. The van der Waals surface area contributed by atoms with Crippen molar-refractivity contribution in [2.24, 2.45) is 22.4 Å². The van der Waals surface area contributed by atoms with Crippen molar-refractivity contribution in [1.29, 1.82) is 0 Å².